The highest BCUT2D eigenvalue weighted by Gasteiger charge is 2.28. The molecular formula is C19H15N3O3. The van der Waals surface area contributed by atoms with Gasteiger partial charge in [0.1, 0.15) is 17.6 Å². The van der Waals surface area contributed by atoms with Gasteiger partial charge in [0.25, 0.3) is 0 Å². The van der Waals surface area contributed by atoms with Crippen molar-refractivity contribution in [1.29, 1.82) is 5.26 Å². The first-order valence-corrected chi connectivity index (χ1v) is 7.75. The summed E-state index contributed by atoms with van der Waals surface area (Å²) >= 11 is 0. The summed E-state index contributed by atoms with van der Waals surface area (Å²) in [5, 5.41) is 10.2. The third-order valence-electron chi connectivity index (χ3n) is 4.04. The first-order valence-electron chi connectivity index (χ1n) is 7.75. The molecule has 0 saturated carbocycles. The number of fused-ring (bicyclic) bond motifs is 1. The molecule has 0 spiro atoms. The zero-order chi connectivity index (χ0) is 17.4. The van der Waals surface area contributed by atoms with Gasteiger partial charge in [-0.3, -0.25) is 0 Å². The molecule has 0 radical (unpaired) electrons. The maximum atomic E-state index is 9.46. The Hall–Kier alpha value is -3.30. The van der Waals surface area contributed by atoms with Crippen molar-refractivity contribution in [3.63, 3.8) is 0 Å². The van der Waals surface area contributed by atoms with Crippen LogP contribution >= 0.6 is 0 Å². The Morgan fingerprint density at radius 3 is 2.64 bits per heavy atom. The molecule has 25 heavy (non-hydrogen) atoms. The van der Waals surface area contributed by atoms with Crippen LogP contribution in [0.2, 0.25) is 0 Å². The number of anilines is 1. The largest absolute Gasteiger partial charge is 0.481 e. The summed E-state index contributed by atoms with van der Waals surface area (Å²) in [5.41, 5.74) is 8.46. The Labute approximate surface area is 144 Å². The molecule has 1 atom stereocenters. The van der Waals surface area contributed by atoms with Gasteiger partial charge in [0.2, 0.25) is 5.88 Å². The molecule has 2 N–H and O–H groups in total. The third-order valence-corrected chi connectivity index (χ3v) is 4.04. The van der Waals surface area contributed by atoms with E-state index in [4.69, 9.17) is 19.9 Å². The molecule has 6 nitrogen and oxygen atoms in total. The second kappa shape index (κ2) is 5.96. The van der Waals surface area contributed by atoms with E-state index in [1.54, 1.807) is 43.5 Å². The van der Waals surface area contributed by atoms with Crippen molar-refractivity contribution < 1.29 is 14.2 Å². The third kappa shape index (κ3) is 2.93. The molecule has 0 unspecified atom stereocenters. The summed E-state index contributed by atoms with van der Waals surface area (Å²) in [4.78, 5) is 4.47. The average Bonchev–Trinajstić information content (AvgIpc) is 3.47. The van der Waals surface area contributed by atoms with Crippen LogP contribution in [0.1, 0.15) is 17.2 Å². The number of rotatable bonds is 4. The molecule has 2 aromatic carbocycles. The molecule has 1 saturated heterocycles. The standard InChI is InChI=1S/C19H15N3O3/c1-23-19-8-17(25-13-4-2-12(21)3-5-13)15-6-11(9-20)14(18-10-24-18)7-16(15)22-19/h2-8,18H,10,21H2,1H3/t18-/m0/s1. The van der Waals surface area contributed by atoms with Gasteiger partial charge in [-0.15, -0.1) is 0 Å². The average molecular weight is 333 g/mol. The van der Waals surface area contributed by atoms with Crippen molar-refractivity contribution in [3.8, 4) is 23.4 Å². The van der Waals surface area contributed by atoms with Crippen LogP contribution in [0.4, 0.5) is 5.69 Å². The quantitative estimate of drug-likeness (QED) is 0.579. The fraction of sp³-hybridized carbons (Fsp3) is 0.158. The summed E-state index contributed by atoms with van der Waals surface area (Å²) in [5.74, 6) is 1.63. The minimum Gasteiger partial charge on any atom is -0.481 e. The first-order chi connectivity index (χ1) is 12.2. The van der Waals surface area contributed by atoms with Crippen LogP contribution in [-0.2, 0) is 4.74 Å². The van der Waals surface area contributed by atoms with Crippen LogP contribution in [0, 0.1) is 11.3 Å². The molecule has 1 aliphatic rings. The lowest BCUT2D eigenvalue weighted by Crippen LogP contribution is -1.96. The Bertz CT molecular complexity index is 989. The molecule has 4 rings (SSSR count). The highest BCUT2D eigenvalue weighted by molar-refractivity contribution is 5.88. The van der Waals surface area contributed by atoms with Crippen LogP contribution in [-0.4, -0.2) is 18.7 Å². The number of methoxy groups -OCH3 is 1. The van der Waals surface area contributed by atoms with E-state index in [0.29, 0.717) is 40.8 Å². The predicted octanol–water partition coefficient (Wildman–Crippen LogP) is 3.56. The smallest absolute Gasteiger partial charge is 0.217 e. The Balaban J connectivity index is 1.86. The SMILES string of the molecule is COc1cc(Oc2ccc(N)cc2)c2cc(C#N)c([C@@H]3CO3)cc2n1. The van der Waals surface area contributed by atoms with Crippen molar-refractivity contribution in [2.24, 2.45) is 0 Å². The monoisotopic (exact) mass is 333 g/mol. The summed E-state index contributed by atoms with van der Waals surface area (Å²) in [7, 11) is 1.55. The maximum Gasteiger partial charge on any atom is 0.217 e. The highest BCUT2D eigenvalue weighted by Crippen LogP contribution is 2.38. The van der Waals surface area contributed by atoms with E-state index < -0.39 is 0 Å². The lowest BCUT2D eigenvalue weighted by atomic mass is 10.0. The number of hydrogen-bond donors (Lipinski definition) is 1. The molecule has 1 aliphatic heterocycles. The second-order valence-electron chi connectivity index (χ2n) is 5.72. The zero-order valence-electron chi connectivity index (χ0n) is 13.5. The second-order valence-corrected chi connectivity index (χ2v) is 5.72. The number of nitrogen functional groups attached to an aromatic ring is 1. The fourth-order valence-corrected chi connectivity index (χ4v) is 2.68. The predicted molar refractivity (Wildman–Crippen MR) is 92.6 cm³/mol. The normalized spacial score (nSPS) is 15.6. The fourth-order valence-electron chi connectivity index (χ4n) is 2.68. The molecule has 0 amide bonds. The summed E-state index contributed by atoms with van der Waals surface area (Å²) in [6.45, 7) is 0.624. The van der Waals surface area contributed by atoms with Gasteiger partial charge < -0.3 is 19.9 Å². The van der Waals surface area contributed by atoms with Gasteiger partial charge in [-0.05, 0) is 36.4 Å². The number of nitrogens with two attached hydrogens (primary N) is 1. The molecule has 6 heteroatoms. The van der Waals surface area contributed by atoms with E-state index >= 15 is 0 Å². The van der Waals surface area contributed by atoms with Crippen molar-refractivity contribution in [1.82, 2.24) is 4.98 Å². The summed E-state index contributed by atoms with van der Waals surface area (Å²) < 4.78 is 16.6. The van der Waals surface area contributed by atoms with E-state index in [0.717, 1.165) is 10.9 Å². The number of benzene rings is 2. The van der Waals surface area contributed by atoms with Gasteiger partial charge in [-0.1, -0.05) is 0 Å². The molecular weight excluding hydrogens is 318 g/mol. The van der Waals surface area contributed by atoms with Crippen LogP contribution in [0.3, 0.4) is 0 Å². The number of epoxide rings is 1. The summed E-state index contributed by atoms with van der Waals surface area (Å²) in [6.07, 6.45) is -0.0338. The minimum atomic E-state index is -0.0338. The first kappa shape index (κ1) is 15.2. The van der Waals surface area contributed by atoms with E-state index in [9.17, 15) is 5.26 Å². The number of aromatic nitrogens is 1. The lowest BCUT2D eigenvalue weighted by Gasteiger charge is -2.12. The van der Waals surface area contributed by atoms with Crippen LogP contribution in [0.15, 0.2) is 42.5 Å². The van der Waals surface area contributed by atoms with Crippen LogP contribution in [0.25, 0.3) is 10.9 Å². The maximum absolute atomic E-state index is 9.46. The number of nitrogens with zero attached hydrogens (tertiary/aromatic N) is 2. The van der Waals surface area contributed by atoms with Crippen molar-refractivity contribution in [2.75, 3.05) is 19.5 Å². The number of pyridine rings is 1. The Kier molecular flexibility index (Phi) is 3.64. The molecule has 0 aliphatic carbocycles. The van der Waals surface area contributed by atoms with Crippen LogP contribution in [0.5, 0.6) is 17.4 Å². The van der Waals surface area contributed by atoms with Gasteiger partial charge >= 0.3 is 0 Å². The molecule has 2 heterocycles. The van der Waals surface area contributed by atoms with Crippen molar-refractivity contribution in [2.45, 2.75) is 6.10 Å². The molecule has 0 bridgehead atoms. The van der Waals surface area contributed by atoms with Gasteiger partial charge in [0, 0.05) is 22.7 Å². The van der Waals surface area contributed by atoms with E-state index in [1.807, 2.05) is 6.07 Å². The van der Waals surface area contributed by atoms with Gasteiger partial charge in [0.05, 0.1) is 30.9 Å². The van der Waals surface area contributed by atoms with Gasteiger partial charge in [-0.2, -0.15) is 5.26 Å². The topological polar surface area (TPSA) is 93.7 Å². The van der Waals surface area contributed by atoms with E-state index in [2.05, 4.69) is 11.1 Å². The highest BCUT2D eigenvalue weighted by atomic mass is 16.6. The molecule has 1 fully saturated rings. The minimum absolute atomic E-state index is 0.0338. The lowest BCUT2D eigenvalue weighted by molar-refractivity contribution is 0.395. The van der Waals surface area contributed by atoms with Crippen molar-refractivity contribution >= 4 is 16.6 Å². The van der Waals surface area contributed by atoms with Gasteiger partial charge in [-0.25, -0.2) is 4.98 Å². The number of nitriles is 1. The molecule has 124 valence electrons. The van der Waals surface area contributed by atoms with Gasteiger partial charge in [0.15, 0.2) is 0 Å². The summed E-state index contributed by atoms with van der Waals surface area (Å²) in [6, 6.07) is 14.7. The zero-order valence-corrected chi connectivity index (χ0v) is 13.5. The van der Waals surface area contributed by atoms with Crippen LogP contribution < -0.4 is 15.2 Å². The number of ether oxygens (including phenoxy) is 3. The molecule has 3 aromatic rings. The Morgan fingerprint density at radius 2 is 2.00 bits per heavy atom. The van der Waals surface area contributed by atoms with E-state index in [-0.39, 0.29) is 6.10 Å². The molecule has 1 aromatic heterocycles. The Morgan fingerprint density at radius 1 is 1.24 bits per heavy atom. The number of hydrogen-bond acceptors (Lipinski definition) is 6. The van der Waals surface area contributed by atoms with Crippen molar-refractivity contribution in [3.05, 3.63) is 53.6 Å². The van der Waals surface area contributed by atoms with E-state index in [1.165, 1.54) is 0 Å².